The molecule has 1 aromatic rings. The number of thioether (sulfide) groups is 1. The first-order valence-electron chi connectivity index (χ1n) is 5.90. The summed E-state index contributed by atoms with van der Waals surface area (Å²) in [6, 6.07) is 6.46. The summed E-state index contributed by atoms with van der Waals surface area (Å²) in [5.74, 6) is 0.205. The van der Waals surface area contributed by atoms with E-state index in [1.54, 1.807) is 23.1 Å². The van der Waals surface area contributed by atoms with Crippen LogP contribution in [0.25, 0.3) is 0 Å². The molecule has 0 bridgehead atoms. The number of morpholine rings is 1. The molecule has 0 radical (unpaired) electrons. The lowest BCUT2D eigenvalue weighted by Crippen LogP contribution is -2.41. The van der Waals surface area contributed by atoms with Gasteiger partial charge in [0.25, 0.3) is 5.69 Å². The molecule has 6 nitrogen and oxygen atoms in total. The van der Waals surface area contributed by atoms with E-state index in [1.165, 1.54) is 17.8 Å². The highest BCUT2D eigenvalue weighted by Gasteiger charge is 2.19. The van der Waals surface area contributed by atoms with Gasteiger partial charge in [-0.1, -0.05) is 12.1 Å². The second-order valence-electron chi connectivity index (χ2n) is 4.01. The Bertz CT molecular complexity index is 475. The number of carbonyl (C=O) groups is 1. The molecule has 1 fully saturated rings. The van der Waals surface area contributed by atoms with Crippen LogP contribution in [-0.2, 0) is 9.53 Å². The normalized spacial score (nSPS) is 15.3. The number of benzene rings is 1. The molecular weight excluding hydrogens is 268 g/mol. The Labute approximate surface area is 114 Å². The number of rotatable bonds is 4. The van der Waals surface area contributed by atoms with E-state index in [0.29, 0.717) is 31.2 Å². The number of ether oxygens (including phenoxy) is 1. The van der Waals surface area contributed by atoms with Crippen molar-refractivity contribution in [2.75, 3.05) is 32.1 Å². The standard InChI is InChI=1S/C12H14N2O4S/c15-12(13-5-7-18-8-6-13)9-19-11-4-2-1-3-10(11)14(16)17/h1-4H,5-9H2. The van der Waals surface area contributed by atoms with Gasteiger partial charge in [0.1, 0.15) is 0 Å². The second-order valence-corrected chi connectivity index (χ2v) is 5.02. The zero-order valence-corrected chi connectivity index (χ0v) is 11.1. The summed E-state index contributed by atoms with van der Waals surface area (Å²) in [5, 5.41) is 10.8. The zero-order valence-electron chi connectivity index (χ0n) is 10.3. The molecule has 0 saturated carbocycles. The topological polar surface area (TPSA) is 72.7 Å². The number of hydrogen-bond acceptors (Lipinski definition) is 5. The van der Waals surface area contributed by atoms with Gasteiger partial charge >= 0.3 is 0 Å². The van der Waals surface area contributed by atoms with Crippen LogP contribution < -0.4 is 0 Å². The molecule has 0 aliphatic carbocycles. The maximum absolute atomic E-state index is 11.9. The fraction of sp³-hybridized carbons (Fsp3) is 0.417. The Hall–Kier alpha value is -1.60. The SMILES string of the molecule is O=C(CSc1ccccc1[N+](=O)[O-])N1CCOCC1. The summed E-state index contributed by atoms with van der Waals surface area (Å²) in [6.45, 7) is 2.30. The number of carbonyl (C=O) groups excluding carboxylic acids is 1. The molecule has 1 aromatic carbocycles. The van der Waals surface area contributed by atoms with Crippen LogP contribution in [-0.4, -0.2) is 47.8 Å². The molecule has 7 heteroatoms. The Kier molecular flexibility index (Phi) is 4.75. The molecular formula is C12H14N2O4S. The highest BCUT2D eigenvalue weighted by atomic mass is 32.2. The number of amides is 1. The van der Waals surface area contributed by atoms with Crippen LogP contribution >= 0.6 is 11.8 Å². The van der Waals surface area contributed by atoms with E-state index in [9.17, 15) is 14.9 Å². The molecule has 0 unspecified atom stereocenters. The first-order chi connectivity index (χ1) is 9.18. The number of nitro groups is 1. The molecule has 0 aromatic heterocycles. The van der Waals surface area contributed by atoms with Crippen molar-refractivity contribution in [2.24, 2.45) is 0 Å². The van der Waals surface area contributed by atoms with E-state index in [1.807, 2.05) is 0 Å². The number of hydrogen-bond donors (Lipinski definition) is 0. The van der Waals surface area contributed by atoms with Crippen LogP contribution in [0.15, 0.2) is 29.2 Å². The summed E-state index contributed by atoms with van der Waals surface area (Å²) in [6.07, 6.45) is 0. The Morgan fingerprint density at radius 3 is 2.74 bits per heavy atom. The van der Waals surface area contributed by atoms with Gasteiger partial charge in [0, 0.05) is 19.2 Å². The molecule has 102 valence electrons. The maximum Gasteiger partial charge on any atom is 0.282 e. The molecule has 0 N–H and O–H groups in total. The Morgan fingerprint density at radius 2 is 2.05 bits per heavy atom. The second kappa shape index (κ2) is 6.53. The molecule has 1 amide bonds. The third-order valence-corrected chi connectivity index (χ3v) is 3.82. The van der Waals surface area contributed by atoms with Crippen molar-refractivity contribution in [1.29, 1.82) is 0 Å². The third-order valence-electron chi connectivity index (χ3n) is 2.78. The fourth-order valence-electron chi connectivity index (χ4n) is 1.77. The molecule has 1 saturated heterocycles. The van der Waals surface area contributed by atoms with Crippen molar-refractivity contribution in [1.82, 2.24) is 4.90 Å². The van der Waals surface area contributed by atoms with Gasteiger partial charge in [-0.05, 0) is 6.07 Å². The van der Waals surface area contributed by atoms with Gasteiger partial charge in [0.15, 0.2) is 0 Å². The monoisotopic (exact) mass is 282 g/mol. The fourth-order valence-corrected chi connectivity index (χ4v) is 2.70. The minimum atomic E-state index is -0.429. The maximum atomic E-state index is 11.9. The quantitative estimate of drug-likeness (QED) is 0.476. The summed E-state index contributed by atoms with van der Waals surface area (Å²) in [7, 11) is 0. The van der Waals surface area contributed by atoms with Crippen molar-refractivity contribution in [3.05, 3.63) is 34.4 Å². The van der Waals surface area contributed by atoms with E-state index in [2.05, 4.69) is 0 Å². The van der Waals surface area contributed by atoms with E-state index in [4.69, 9.17) is 4.74 Å². The van der Waals surface area contributed by atoms with Crippen molar-refractivity contribution in [3.63, 3.8) is 0 Å². The molecule has 1 heterocycles. The van der Waals surface area contributed by atoms with Gasteiger partial charge in [-0.15, -0.1) is 11.8 Å². The summed E-state index contributed by atoms with van der Waals surface area (Å²) < 4.78 is 5.17. The summed E-state index contributed by atoms with van der Waals surface area (Å²) in [5.41, 5.74) is 0.0438. The average Bonchev–Trinajstić information content (AvgIpc) is 2.46. The molecule has 19 heavy (non-hydrogen) atoms. The average molecular weight is 282 g/mol. The zero-order chi connectivity index (χ0) is 13.7. The predicted molar refractivity (Wildman–Crippen MR) is 71.2 cm³/mol. The molecule has 1 aliphatic rings. The van der Waals surface area contributed by atoms with Crippen molar-refractivity contribution in [2.45, 2.75) is 4.90 Å². The predicted octanol–water partition coefficient (Wildman–Crippen LogP) is 1.55. The van der Waals surface area contributed by atoms with Crippen LogP contribution in [0.5, 0.6) is 0 Å². The third kappa shape index (κ3) is 3.68. The number of nitrogens with zero attached hydrogens (tertiary/aromatic N) is 2. The minimum Gasteiger partial charge on any atom is -0.378 e. The van der Waals surface area contributed by atoms with Crippen LogP contribution in [0, 0.1) is 10.1 Å². The van der Waals surface area contributed by atoms with Gasteiger partial charge in [-0.3, -0.25) is 14.9 Å². The van der Waals surface area contributed by atoms with Crippen molar-refractivity contribution in [3.8, 4) is 0 Å². The van der Waals surface area contributed by atoms with E-state index >= 15 is 0 Å². The molecule has 1 aliphatic heterocycles. The first-order valence-corrected chi connectivity index (χ1v) is 6.89. The Balaban J connectivity index is 1.94. The summed E-state index contributed by atoms with van der Waals surface area (Å²) in [4.78, 5) is 24.6. The Morgan fingerprint density at radius 1 is 1.37 bits per heavy atom. The van der Waals surface area contributed by atoms with Gasteiger partial charge < -0.3 is 9.64 Å². The summed E-state index contributed by atoms with van der Waals surface area (Å²) >= 11 is 1.20. The van der Waals surface area contributed by atoms with Crippen LogP contribution in [0.2, 0.25) is 0 Å². The van der Waals surface area contributed by atoms with Crippen molar-refractivity contribution < 1.29 is 14.5 Å². The smallest absolute Gasteiger partial charge is 0.282 e. The molecule has 0 spiro atoms. The molecule has 2 rings (SSSR count). The van der Waals surface area contributed by atoms with Gasteiger partial charge in [-0.2, -0.15) is 0 Å². The van der Waals surface area contributed by atoms with Gasteiger partial charge in [0.05, 0.1) is 28.8 Å². The lowest BCUT2D eigenvalue weighted by molar-refractivity contribution is -0.387. The van der Waals surface area contributed by atoms with E-state index in [0.717, 1.165) is 0 Å². The lowest BCUT2D eigenvalue weighted by Gasteiger charge is -2.26. The van der Waals surface area contributed by atoms with Crippen LogP contribution in [0.4, 0.5) is 5.69 Å². The minimum absolute atomic E-state index is 0.00792. The highest BCUT2D eigenvalue weighted by Crippen LogP contribution is 2.28. The number of para-hydroxylation sites is 1. The van der Waals surface area contributed by atoms with Gasteiger partial charge in [-0.25, -0.2) is 0 Å². The van der Waals surface area contributed by atoms with E-state index < -0.39 is 4.92 Å². The lowest BCUT2D eigenvalue weighted by atomic mass is 10.3. The van der Waals surface area contributed by atoms with Crippen LogP contribution in [0.1, 0.15) is 0 Å². The highest BCUT2D eigenvalue weighted by molar-refractivity contribution is 8.00. The first kappa shape index (κ1) is 13.8. The van der Waals surface area contributed by atoms with E-state index in [-0.39, 0.29) is 17.3 Å². The number of nitro benzene ring substituents is 1. The van der Waals surface area contributed by atoms with Crippen molar-refractivity contribution >= 4 is 23.4 Å². The molecule has 0 atom stereocenters. The van der Waals surface area contributed by atoms with Crippen LogP contribution in [0.3, 0.4) is 0 Å². The van der Waals surface area contributed by atoms with Gasteiger partial charge in [0.2, 0.25) is 5.91 Å². The largest absolute Gasteiger partial charge is 0.378 e.